The first-order valence-corrected chi connectivity index (χ1v) is 22.6. The SMILES string of the molecule is [2H]C1([2H])c2c(ccc(C)c2C)[C@]2(C)OC(c3[c-]c(N4c5[c-]c6c(cc5C(C)(C)c5ccccc54)c4cc(C)ccc4n6-c4cc(C(C)(C)C)ccn4)cc(-c4c(C)cccc4C)c3)=N[C@]12C.[Pt+2]. The van der Waals surface area contributed by atoms with Crippen LogP contribution in [0.3, 0.4) is 0 Å². The molecule has 2 aromatic heterocycles. The Morgan fingerprint density at radius 1 is 0.738 bits per heavy atom. The quantitative estimate of drug-likeness (QED) is 0.165. The van der Waals surface area contributed by atoms with Gasteiger partial charge < -0.3 is 14.2 Å². The van der Waals surface area contributed by atoms with Gasteiger partial charge in [0, 0.05) is 32.1 Å². The average Bonchev–Trinajstić information content (AvgIpc) is 3.78. The molecule has 0 unspecified atom stereocenters. The van der Waals surface area contributed by atoms with Gasteiger partial charge in [-0.25, -0.2) is 4.98 Å². The van der Waals surface area contributed by atoms with Crippen molar-refractivity contribution in [2.75, 3.05) is 4.90 Å². The number of fused-ring (bicyclic) bond motifs is 8. The van der Waals surface area contributed by atoms with Gasteiger partial charge in [-0.15, -0.1) is 35.2 Å². The summed E-state index contributed by atoms with van der Waals surface area (Å²) in [5.41, 5.74) is 15.4. The van der Waals surface area contributed by atoms with Gasteiger partial charge in [-0.2, -0.15) is 6.07 Å². The van der Waals surface area contributed by atoms with Gasteiger partial charge in [-0.05, 0) is 139 Å². The molecule has 0 radical (unpaired) electrons. The summed E-state index contributed by atoms with van der Waals surface area (Å²) in [4.78, 5) is 12.7. The summed E-state index contributed by atoms with van der Waals surface area (Å²) >= 11 is 0. The molecule has 1 aliphatic carbocycles. The normalized spacial score (nSPS) is 20.6. The van der Waals surface area contributed by atoms with E-state index in [4.69, 9.17) is 14.7 Å². The molecule has 4 heterocycles. The number of hydrogen-bond donors (Lipinski definition) is 0. The number of nitrogens with zero attached hydrogens (tertiary/aromatic N) is 4. The summed E-state index contributed by atoms with van der Waals surface area (Å²) in [6.07, 6.45) is 0.132. The first kappa shape index (κ1) is 40.7. The van der Waals surface area contributed by atoms with Crippen molar-refractivity contribution in [2.24, 2.45) is 4.99 Å². The van der Waals surface area contributed by atoms with Crippen molar-refractivity contribution < 1.29 is 28.5 Å². The maximum atomic E-state index is 9.73. The average molecular weight is 1030 g/mol. The van der Waals surface area contributed by atoms with Crippen LogP contribution in [0.15, 0.2) is 114 Å². The van der Waals surface area contributed by atoms with E-state index in [2.05, 4.69) is 174 Å². The van der Waals surface area contributed by atoms with Gasteiger partial charge in [0.2, 0.25) is 0 Å². The third-order valence-corrected chi connectivity index (χ3v) is 14.8. The van der Waals surface area contributed by atoms with E-state index >= 15 is 0 Å². The number of ether oxygens (including phenoxy) is 1. The molecule has 0 saturated heterocycles. The molecule has 0 bridgehead atoms. The van der Waals surface area contributed by atoms with Crippen molar-refractivity contribution in [3.63, 3.8) is 0 Å². The number of para-hydroxylation sites is 1. The molecular weight excluding hydrogens is 976 g/mol. The maximum Gasteiger partial charge on any atom is 2.00 e. The Morgan fingerprint density at radius 3 is 2.25 bits per heavy atom. The molecule has 0 amide bonds. The fourth-order valence-corrected chi connectivity index (χ4v) is 10.7. The summed E-state index contributed by atoms with van der Waals surface area (Å²) in [5.74, 6) is 1.23. The van der Waals surface area contributed by atoms with E-state index in [0.29, 0.717) is 17.0 Å². The Labute approximate surface area is 401 Å². The van der Waals surface area contributed by atoms with E-state index in [-0.39, 0.29) is 26.5 Å². The zero-order valence-electron chi connectivity index (χ0n) is 41.4. The van der Waals surface area contributed by atoms with Crippen LogP contribution in [0.4, 0.5) is 17.1 Å². The fourth-order valence-electron chi connectivity index (χ4n) is 10.7. The number of aliphatic imine (C=N–C) groups is 1. The van der Waals surface area contributed by atoms with Crippen molar-refractivity contribution in [2.45, 2.75) is 111 Å². The summed E-state index contributed by atoms with van der Waals surface area (Å²) < 4.78 is 28.9. The number of benzene rings is 6. The smallest absolute Gasteiger partial charge is 0.508 e. The fraction of sp³-hybridized carbons (Fsp3) is 0.288. The van der Waals surface area contributed by atoms with Gasteiger partial charge in [0.1, 0.15) is 17.3 Å². The maximum absolute atomic E-state index is 9.73. The van der Waals surface area contributed by atoms with Crippen LogP contribution in [-0.2, 0) is 48.6 Å². The number of aryl methyl sites for hydroxylation is 4. The van der Waals surface area contributed by atoms with Crippen LogP contribution in [0.25, 0.3) is 38.8 Å². The molecule has 3 aliphatic rings. The molecule has 6 aromatic carbocycles. The molecular formula is C59H56N4OPt. The summed E-state index contributed by atoms with van der Waals surface area (Å²) in [6, 6.07) is 45.0. The summed E-state index contributed by atoms with van der Waals surface area (Å²) in [5, 5.41) is 2.29. The van der Waals surface area contributed by atoms with E-state index in [9.17, 15) is 2.74 Å². The number of hydrogen-bond acceptors (Lipinski definition) is 4. The minimum atomic E-state index is -1.79. The molecule has 328 valence electrons. The third-order valence-electron chi connectivity index (χ3n) is 14.8. The van der Waals surface area contributed by atoms with Crippen molar-refractivity contribution in [3.8, 4) is 16.9 Å². The Morgan fingerprint density at radius 2 is 1.49 bits per heavy atom. The number of anilines is 3. The Bertz CT molecular complexity index is 3430. The van der Waals surface area contributed by atoms with Gasteiger partial charge in [0.05, 0.1) is 5.54 Å². The first-order valence-electron chi connectivity index (χ1n) is 23.6. The molecule has 0 saturated carbocycles. The molecule has 8 aromatic rings. The molecule has 0 N–H and O–H groups in total. The second-order valence-corrected chi connectivity index (χ2v) is 20.4. The molecule has 11 rings (SSSR count). The number of pyridine rings is 1. The van der Waals surface area contributed by atoms with E-state index < -0.39 is 22.9 Å². The molecule has 5 nitrogen and oxygen atoms in total. The topological polar surface area (TPSA) is 42.6 Å². The zero-order valence-corrected chi connectivity index (χ0v) is 41.7. The van der Waals surface area contributed by atoms with Crippen LogP contribution < -0.4 is 4.90 Å². The van der Waals surface area contributed by atoms with Crippen molar-refractivity contribution in [1.29, 1.82) is 0 Å². The number of aromatic nitrogens is 2. The molecule has 0 spiro atoms. The predicted octanol–water partition coefficient (Wildman–Crippen LogP) is 14.4. The Balaban J connectivity index is 0.00000525. The van der Waals surface area contributed by atoms with Crippen molar-refractivity contribution >= 4 is 44.8 Å². The minimum Gasteiger partial charge on any atom is -0.508 e. The summed E-state index contributed by atoms with van der Waals surface area (Å²) in [7, 11) is 0. The molecule has 6 heteroatoms. The van der Waals surface area contributed by atoms with Gasteiger partial charge in [-0.1, -0.05) is 123 Å². The van der Waals surface area contributed by atoms with Crippen LogP contribution in [0.2, 0.25) is 0 Å². The van der Waals surface area contributed by atoms with E-state index in [0.717, 1.165) is 89.2 Å². The van der Waals surface area contributed by atoms with E-state index in [1.165, 1.54) is 16.7 Å². The number of rotatable bonds is 4. The van der Waals surface area contributed by atoms with Gasteiger partial charge >= 0.3 is 21.1 Å². The largest absolute Gasteiger partial charge is 2.00 e. The van der Waals surface area contributed by atoms with Crippen molar-refractivity contribution in [1.82, 2.24) is 9.55 Å². The second kappa shape index (κ2) is 14.6. The first-order chi connectivity index (χ1) is 31.2. The standard InChI is InChI=1S/C59H56N4O.Pt/c1-34-20-23-49-43(26-34)44-31-48-52(32-51(44)63(49)53-30-41(24-25-60-53)56(6,7)8)62(50-19-14-13-18-47(50)57(48,9)10)42-28-39(54-36(3)16-15-17-37(54)4)27-40(29-42)55-61-58(11)33-45-38(5)35(2)21-22-46(45)59(58,12)64-55;/h13-28,30-31H,33H2,1-12H3;/q-2;+2/t58-,59+;/m1./s1/i33D2;. The summed E-state index contributed by atoms with van der Waals surface area (Å²) in [6.45, 7) is 25.8. The Kier molecular flexibility index (Phi) is 9.16. The minimum absolute atomic E-state index is 0. The predicted molar refractivity (Wildman–Crippen MR) is 264 cm³/mol. The van der Waals surface area contributed by atoms with Crippen LogP contribution in [0, 0.1) is 46.8 Å². The van der Waals surface area contributed by atoms with Gasteiger partial charge in [-0.3, -0.25) is 4.99 Å². The van der Waals surface area contributed by atoms with Crippen LogP contribution >= 0.6 is 0 Å². The third kappa shape index (κ3) is 6.28. The van der Waals surface area contributed by atoms with E-state index in [1.807, 2.05) is 40.0 Å². The molecule has 0 fully saturated rings. The molecule has 2 aliphatic heterocycles. The van der Waals surface area contributed by atoms with Crippen LogP contribution in [0.5, 0.6) is 0 Å². The zero-order chi connectivity index (χ0) is 46.6. The second-order valence-electron chi connectivity index (χ2n) is 20.4. The van der Waals surface area contributed by atoms with Crippen LogP contribution in [0.1, 0.15) is 112 Å². The van der Waals surface area contributed by atoms with Gasteiger partial charge in [0.15, 0.2) is 0 Å². The Hall–Kier alpha value is -5.77. The van der Waals surface area contributed by atoms with Gasteiger partial charge in [0.25, 0.3) is 0 Å². The van der Waals surface area contributed by atoms with Crippen LogP contribution in [-0.4, -0.2) is 21.0 Å². The molecule has 65 heavy (non-hydrogen) atoms. The van der Waals surface area contributed by atoms with E-state index in [1.54, 1.807) is 0 Å². The van der Waals surface area contributed by atoms with Crippen molar-refractivity contribution in [3.05, 3.63) is 183 Å². The molecule has 2 atom stereocenters. The monoisotopic (exact) mass is 1030 g/mol.